The van der Waals surface area contributed by atoms with Gasteiger partial charge in [-0.3, -0.25) is 0 Å². The maximum atomic E-state index is 11.7. The number of rotatable bonds is 4. The first-order valence-corrected chi connectivity index (χ1v) is 7.21. The summed E-state index contributed by atoms with van der Waals surface area (Å²) < 4.78 is 15.4. The first kappa shape index (κ1) is 18.8. The summed E-state index contributed by atoms with van der Waals surface area (Å²) in [6.45, 7) is 5.36. The smallest absolute Gasteiger partial charge is 0.429 e. The Morgan fingerprint density at radius 2 is 1.74 bits per heavy atom. The highest BCUT2D eigenvalue weighted by molar-refractivity contribution is 5.69. The van der Waals surface area contributed by atoms with Crippen molar-refractivity contribution in [3.05, 3.63) is 29.8 Å². The molecule has 0 aliphatic rings. The Bertz CT molecular complexity index is 534. The minimum Gasteiger partial charge on any atom is -0.429 e. The second-order valence-electron chi connectivity index (χ2n) is 6.14. The molecule has 0 saturated heterocycles. The Morgan fingerprint density at radius 1 is 1.17 bits per heavy atom. The molecular formula is C16H24N2O5. The highest BCUT2D eigenvalue weighted by atomic mass is 16.7. The fourth-order valence-electron chi connectivity index (χ4n) is 1.59. The molecule has 23 heavy (non-hydrogen) atoms. The summed E-state index contributed by atoms with van der Waals surface area (Å²) in [7, 11) is 3.19. The van der Waals surface area contributed by atoms with E-state index in [1.165, 1.54) is 4.90 Å². The predicted molar refractivity (Wildman–Crippen MR) is 85.3 cm³/mol. The van der Waals surface area contributed by atoms with Crippen LogP contribution in [0.25, 0.3) is 0 Å². The maximum Gasteiger partial charge on any atom is 0.509 e. The van der Waals surface area contributed by atoms with Crippen LogP contribution in [0.5, 0.6) is 5.75 Å². The first-order chi connectivity index (χ1) is 10.6. The fraction of sp³-hybridized carbons (Fsp3) is 0.500. The van der Waals surface area contributed by atoms with Gasteiger partial charge in [-0.2, -0.15) is 0 Å². The molecule has 1 amide bonds. The van der Waals surface area contributed by atoms with E-state index in [4.69, 9.17) is 19.9 Å². The van der Waals surface area contributed by atoms with E-state index in [0.717, 1.165) is 0 Å². The van der Waals surface area contributed by atoms with Crippen LogP contribution in [0.3, 0.4) is 0 Å². The Kier molecular flexibility index (Phi) is 6.38. The van der Waals surface area contributed by atoms with Gasteiger partial charge < -0.3 is 24.8 Å². The Balaban J connectivity index is 2.72. The van der Waals surface area contributed by atoms with Crippen molar-refractivity contribution in [2.75, 3.05) is 20.6 Å². The second kappa shape index (κ2) is 7.82. The van der Waals surface area contributed by atoms with Gasteiger partial charge in [0.2, 0.25) is 0 Å². The lowest BCUT2D eigenvalue weighted by atomic mass is 10.1. The van der Waals surface area contributed by atoms with Crippen molar-refractivity contribution in [1.82, 2.24) is 4.90 Å². The zero-order valence-corrected chi connectivity index (χ0v) is 14.2. The summed E-state index contributed by atoms with van der Waals surface area (Å²) in [6, 6.07) is 6.58. The third-order valence-corrected chi connectivity index (χ3v) is 2.66. The van der Waals surface area contributed by atoms with Crippen molar-refractivity contribution in [3.8, 4) is 5.75 Å². The molecule has 1 aromatic carbocycles. The van der Waals surface area contributed by atoms with Crippen LogP contribution < -0.4 is 10.5 Å². The molecule has 128 valence electrons. The topological polar surface area (TPSA) is 91.1 Å². The summed E-state index contributed by atoms with van der Waals surface area (Å²) in [6.07, 6.45) is -1.89. The number of carbonyl (C=O) groups excluding carboxylic acids is 2. The molecule has 1 unspecified atom stereocenters. The molecule has 0 saturated carbocycles. The molecule has 0 aliphatic heterocycles. The van der Waals surface area contributed by atoms with Crippen molar-refractivity contribution in [2.24, 2.45) is 5.73 Å². The van der Waals surface area contributed by atoms with Crippen LogP contribution in [0.4, 0.5) is 9.59 Å². The minimum atomic E-state index is -0.781. The zero-order valence-electron chi connectivity index (χ0n) is 14.2. The van der Waals surface area contributed by atoms with Crippen molar-refractivity contribution < 1.29 is 23.8 Å². The lowest BCUT2D eigenvalue weighted by Gasteiger charge is -2.22. The van der Waals surface area contributed by atoms with Crippen LogP contribution in [0.1, 0.15) is 32.4 Å². The highest BCUT2D eigenvalue weighted by Gasteiger charge is 2.22. The quantitative estimate of drug-likeness (QED) is 0.856. The number of ether oxygens (including phenoxy) is 3. The molecule has 7 heteroatoms. The molecule has 0 heterocycles. The van der Waals surface area contributed by atoms with Crippen molar-refractivity contribution in [3.63, 3.8) is 0 Å². The van der Waals surface area contributed by atoms with Crippen molar-refractivity contribution in [1.29, 1.82) is 0 Å². The van der Waals surface area contributed by atoms with Crippen LogP contribution in [-0.2, 0) is 9.47 Å². The molecule has 0 fully saturated rings. The summed E-state index contributed by atoms with van der Waals surface area (Å²) in [5.41, 5.74) is 5.70. The Labute approximate surface area is 136 Å². The van der Waals surface area contributed by atoms with Gasteiger partial charge in [0.1, 0.15) is 17.5 Å². The van der Waals surface area contributed by atoms with Crippen LogP contribution in [0.2, 0.25) is 0 Å². The summed E-state index contributed by atoms with van der Waals surface area (Å²) in [5, 5.41) is 0. The average molecular weight is 324 g/mol. The SMILES string of the molecule is CN(C)C(=O)Oc1ccc(C(CN)OC(=O)OC(C)(C)C)cc1. The minimum absolute atomic E-state index is 0.107. The van der Waals surface area contributed by atoms with E-state index in [9.17, 15) is 9.59 Å². The van der Waals surface area contributed by atoms with Gasteiger partial charge in [-0.05, 0) is 38.5 Å². The standard InChI is InChI=1S/C16H24N2O5/c1-16(2,3)23-15(20)22-13(10-17)11-6-8-12(9-7-11)21-14(19)18(4)5/h6-9,13H,10,17H2,1-5H3. The van der Waals surface area contributed by atoms with Gasteiger partial charge >= 0.3 is 12.2 Å². The summed E-state index contributed by atoms with van der Waals surface area (Å²) in [4.78, 5) is 24.5. The lowest BCUT2D eigenvalue weighted by molar-refractivity contribution is -0.0257. The third-order valence-electron chi connectivity index (χ3n) is 2.66. The van der Waals surface area contributed by atoms with Gasteiger partial charge in [0, 0.05) is 20.6 Å². The molecule has 1 rings (SSSR count). The molecule has 0 spiro atoms. The number of carbonyl (C=O) groups is 2. The Morgan fingerprint density at radius 3 is 2.17 bits per heavy atom. The summed E-state index contributed by atoms with van der Waals surface area (Å²) in [5.74, 6) is 0.389. The number of hydrogen-bond donors (Lipinski definition) is 1. The lowest BCUT2D eigenvalue weighted by Crippen LogP contribution is -2.27. The van der Waals surface area contributed by atoms with Gasteiger partial charge in [0.15, 0.2) is 0 Å². The highest BCUT2D eigenvalue weighted by Crippen LogP contribution is 2.22. The van der Waals surface area contributed by atoms with Gasteiger partial charge in [0.05, 0.1) is 0 Å². The second-order valence-corrected chi connectivity index (χ2v) is 6.14. The van der Waals surface area contributed by atoms with Crippen LogP contribution in [-0.4, -0.2) is 43.4 Å². The van der Waals surface area contributed by atoms with Crippen LogP contribution in [0, 0.1) is 0 Å². The zero-order chi connectivity index (χ0) is 17.6. The Hall–Kier alpha value is -2.28. The monoisotopic (exact) mass is 324 g/mol. The number of nitrogens with zero attached hydrogens (tertiary/aromatic N) is 1. The van der Waals surface area contributed by atoms with E-state index in [1.54, 1.807) is 59.1 Å². The number of amides is 1. The number of benzene rings is 1. The predicted octanol–water partition coefficient (Wildman–Crippen LogP) is 2.70. The van der Waals surface area contributed by atoms with Gasteiger partial charge in [-0.15, -0.1) is 0 Å². The van der Waals surface area contributed by atoms with Crippen LogP contribution >= 0.6 is 0 Å². The number of hydrogen-bond acceptors (Lipinski definition) is 6. The molecule has 0 aromatic heterocycles. The van der Waals surface area contributed by atoms with E-state index in [-0.39, 0.29) is 6.54 Å². The van der Waals surface area contributed by atoms with Crippen molar-refractivity contribution in [2.45, 2.75) is 32.5 Å². The molecule has 7 nitrogen and oxygen atoms in total. The van der Waals surface area contributed by atoms with Gasteiger partial charge in [-0.25, -0.2) is 9.59 Å². The van der Waals surface area contributed by atoms with Gasteiger partial charge in [-0.1, -0.05) is 12.1 Å². The normalized spacial score (nSPS) is 12.3. The van der Waals surface area contributed by atoms with E-state index in [0.29, 0.717) is 11.3 Å². The third kappa shape index (κ3) is 6.56. The average Bonchev–Trinajstić information content (AvgIpc) is 2.43. The first-order valence-electron chi connectivity index (χ1n) is 7.21. The van der Waals surface area contributed by atoms with Gasteiger partial charge in [0.25, 0.3) is 0 Å². The van der Waals surface area contributed by atoms with E-state index >= 15 is 0 Å². The summed E-state index contributed by atoms with van der Waals surface area (Å²) >= 11 is 0. The van der Waals surface area contributed by atoms with Crippen molar-refractivity contribution >= 4 is 12.2 Å². The van der Waals surface area contributed by atoms with E-state index < -0.39 is 24.0 Å². The number of nitrogens with two attached hydrogens (primary N) is 1. The molecule has 1 atom stereocenters. The van der Waals surface area contributed by atoms with Crippen LogP contribution in [0.15, 0.2) is 24.3 Å². The molecular weight excluding hydrogens is 300 g/mol. The van der Waals surface area contributed by atoms with E-state index in [2.05, 4.69) is 0 Å². The molecule has 1 aromatic rings. The fourth-order valence-corrected chi connectivity index (χ4v) is 1.59. The molecule has 0 radical (unpaired) electrons. The molecule has 2 N–H and O–H groups in total. The largest absolute Gasteiger partial charge is 0.509 e. The maximum absolute atomic E-state index is 11.7. The molecule has 0 aliphatic carbocycles. The van der Waals surface area contributed by atoms with E-state index in [1.807, 2.05) is 0 Å². The molecule has 0 bridgehead atoms.